The van der Waals surface area contributed by atoms with Crippen LogP contribution in [0.25, 0.3) is 16.7 Å². The molecule has 0 unspecified atom stereocenters. The van der Waals surface area contributed by atoms with E-state index in [0.717, 1.165) is 18.5 Å². The molecule has 25 heavy (non-hydrogen) atoms. The van der Waals surface area contributed by atoms with Crippen molar-refractivity contribution in [3.63, 3.8) is 0 Å². The SMILES string of the molecule is CCCCCCCn1cnc2c(c(OC)nn2-c2ccccc2)c1=O. The van der Waals surface area contributed by atoms with E-state index in [2.05, 4.69) is 17.0 Å². The quantitative estimate of drug-likeness (QED) is 0.588. The fourth-order valence-corrected chi connectivity index (χ4v) is 2.95. The molecule has 6 heteroatoms. The third-order valence-electron chi connectivity index (χ3n) is 4.32. The lowest BCUT2D eigenvalue weighted by Crippen LogP contribution is -2.21. The number of ether oxygens (including phenoxy) is 1. The number of para-hydroxylation sites is 1. The maximum atomic E-state index is 12.9. The zero-order chi connectivity index (χ0) is 17.6. The van der Waals surface area contributed by atoms with E-state index in [0.29, 0.717) is 23.5 Å². The highest BCUT2D eigenvalue weighted by atomic mass is 16.5. The maximum Gasteiger partial charge on any atom is 0.268 e. The van der Waals surface area contributed by atoms with Gasteiger partial charge in [0.15, 0.2) is 5.65 Å². The van der Waals surface area contributed by atoms with E-state index in [1.807, 2.05) is 30.3 Å². The third kappa shape index (κ3) is 3.57. The molecule has 132 valence electrons. The first kappa shape index (κ1) is 17.2. The van der Waals surface area contributed by atoms with Crippen molar-refractivity contribution >= 4 is 11.0 Å². The van der Waals surface area contributed by atoms with Crippen LogP contribution in [0.5, 0.6) is 5.88 Å². The van der Waals surface area contributed by atoms with E-state index in [1.165, 1.54) is 26.4 Å². The van der Waals surface area contributed by atoms with Crippen molar-refractivity contribution in [2.75, 3.05) is 7.11 Å². The van der Waals surface area contributed by atoms with Gasteiger partial charge in [0.25, 0.3) is 5.56 Å². The number of aromatic nitrogens is 4. The van der Waals surface area contributed by atoms with E-state index in [4.69, 9.17) is 4.74 Å². The van der Waals surface area contributed by atoms with Gasteiger partial charge in [0, 0.05) is 6.54 Å². The molecule has 0 aliphatic heterocycles. The second-order valence-corrected chi connectivity index (χ2v) is 6.11. The highest BCUT2D eigenvalue weighted by molar-refractivity contribution is 5.81. The van der Waals surface area contributed by atoms with Gasteiger partial charge in [0.05, 0.1) is 19.1 Å². The average molecular weight is 340 g/mol. The number of fused-ring (bicyclic) bond motifs is 1. The lowest BCUT2D eigenvalue weighted by atomic mass is 10.1. The number of methoxy groups -OCH3 is 1. The zero-order valence-corrected chi connectivity index (χ0v) is 14.8. The highest BCUT2D eigenvalue weighted by Gasteiger charge is 2.18. The summed E-state index contributed by atoms with van der Waals surface area (Å²) in [6, 6.07) is 9.63. The lowest BCUT2D eigenvalue weighted by Gasteiger charge is -2.06. The zero-order valence-electron chi connectivity index (χ0n) is 14.8. The summed E-state index contributed by atoms with van der Waals surface area (Å²) in [7, 11) is 1.53. The molecule has 0 spiro atoms. The van der Waals surface area contributed by atoms with Gasteiger partial charge in [-0.25, -0.2) is 9.67 Å². The van der Waals surface area contributed by atoms with Gasteiger partial charge in [-0.2, -0.15) is 0 Å². The number of unbranched alkanes of at least 4 members (excludes halogenated alkanes) is 4. The summed E-state index contributed by atoms with van der Waals surface area (Å²) in [6.07, 6.45) is 7.37. The van der Waals surface area contributed by atoms with E-state index in [-0.39, 0.29) is 5.56 Å². The van der Waals surface area contributed by atoms with E-state index >= 15 is 0 Å². The van der Waals surface area contributed by atoms with Crippen molar-refractivity contribution in [2.24, 2.45) is 0 Å². The minimum absolute atomic E-state index is 0.0977. The van der Waals surface area contributed by atoms with Crippen molar-refractivity contribution in [3.05, 3.63) is 47.0 Å². The minimum atomic E-state index is -0.0977. The predicted molar refractivity (Wildman–Crippen MR) is 98.4 cm³/mol. The Labute approximate surface area is 147 Å². The van der Waals surface area contributed by atoms with Crippen LogP contribution in [0.3, 0.4) is 0 Å². The first-order valence-electron chi connectivity index (χ1n) is 8.83. The van der Waals surface area contributed by atoms with Crippen LogP contribution >= 0.6 is 0 Å². The van der Waals surface area contributed by atoms with Crippen molar-refractivity contribution < 1.29 is 4.74 Å². The molecule has 0 saturated carbocycles. The van der Waals surface area contributed by atoms with Gasteiger partial charge in [-0.15, -0.1) is 5.10 Å². The summed E-state index contributed by atoms with van der Waals surface area (Å²) in [5.74, 6) is 0.316. The molecule has 0 fully saturated rings. The molecule has 0 aliphatic carbocycles. The summed E-state index contributed by atoms with van der Waals surface area (Å²) >= 11 is 0. The van der Waals surface area contributed by atoms with Crippen LogP contribution in [-0.4, -0.2) is 26.4 Å². The van der Waals surface area contributed by atoms with Gasteiger partial charge in [0.1, 0.15) is 5.39 Å². The molecule has 0 atom stereocenters. The third-order valence-corrected chi connectivity index (χ3v) is 4.32. The largest absolute Gasteiger partial charge is 0.479 e. The van der Waals surface area contributed by atoms with Crippen LogP contribution in [0.15, 0.2) is 41.5 Å². The van der Waals surface area contributed by atoms with Gasteiger partial charge in [-0.1, -0.05) is 50.8 Å². The fourth-order valence-electron chi connectivity index (χ4n) is 2.95. The molecule has 0 aliphatic rings. The molecule has 3 rings (SSSR count). The first-order chi connectivity index (χ1) is 12.3. The number of hydrogen-bond acceptors (Lipinski definition) is 4. The molecule has 2 aromatic heterocycles. The Morgan fingerprint density at radius 2 is 1.84 bits per heavy atom. The minimum Gasteiger partial charge on any atom is -0.479 e. The molecule has 0 radical (unpaired) electrons. The van der Waals surface area contributed by atoms with Gasteiger partial charge in [0.2, 0.25) is 5.88 Å². The summed E-state index contributed by atoms with van der Waals surface area (Å²) in [4.78, 5) is 17.3. The summed E-state index contributed by atoms with van der Waals surface area (Å²) in [5, 5.41) is 4.85. The Morgan fingerprint density at radius 3 is 2.56 bits per heavy atom. The summed E-state index contributed by atoms with van der Waals surface area (Å²) in [6.45, 7) is 2.87. The summed E-state index contributed by atoms with van der Waals surface area (Å²) in [5.41, 5.74) is 1.27. The maximum absolute atomic E-state index is 12.9. The molecular formula is C19H24N4O2. The van der Waals surface area contributed by atoms with Crippen LogP contribution in [0.2, 0.25) is 0 Å². The first-order valence-corrected chi connectivity index (χ1v) is 8.83. The molecular weight excluding hydrogens is 316 g/mol. The Morgan fingerprint density at radius 1 is 1.08 bits per heavy atom. The molecule has 0 bridgehead atoms. The van der Waals surface area contributed by atoms with Crippen molar-refractivity contribution in [3.8, 4) is 11.6 Å². The Hall–Kier alpha value is -2.63. The Kier molecular flexibility index (Phi) is 5.48. The van der Waals surface area contributed by atoms with E-state index < -0.39 is 0 Å². The summed E-state index contributed by atoms with van der Waals surface area (Å²) < 4.78 is 8.65. The van der Waals surface area contributed by atoms with Gasteiger partial charge in [-0.3, -0.25) is 9.36 Å². The van der Waals surface area contributed by atoms with Crippen LogP contribution in [0.4, 0.5) is 0 Å². The standard InChI is InChI=1S/C19H24N4O2/c1-3-4-5-6-10-13-22-14-20-17-16(19(22)24)18(25-2)21-23(17)15-11-8-7-9-12-15/h7-9,11-12,14H,3-6,10,13H2,1-2H3. The highest BCUT2D eigenvalue weighted by Crippen LogP contribution is 2.22. The monoisotopic (exact) mass is 340 g/mol. The number of benzene rings is 1. The number of hydrogen-bond donors (Lipinski definition) is 0. The number of rotatable bonds is 8. The molecule has 0 N–H and O–H groups in total. The molecule has 6 nitrogen and oxygen atoms in total. The number of aryl methyl sites for hydroxylation is 1. The van der Waals surface area contributed by atoms with Crippen LogP contribution < -0.4 is 10.3 Å². The topological polar surface area (TPSA) is 61.9 Å². The lowest BCUT2D eigenvalue weighted by molar-refractivity contribution is 0.398. The predicted octanol–water partition coefficient (Wildman–Crippen LogP) is 3.56. The van der Waals surface area contributed by atoms with Crippen LogP contribution in [-0.2, 0) is 6.54 Å². The van der Waals surface area contributed by atoms with Crippen LogP contribution in [0, 0.1) is 0 Å². The van der Waals surface area contributed by atoms with E-state index in [9.17, 15) is 4.79 Å². The molecule has 0 amide bonds. The molecule has 3 aromatic rings. The van der Waals surface area contributed by atoms with Gasteiger partial charge >= 0.3 is 0 Å². The van der Waals surface area contributed by atoms with Crippen molar-refractivity contribution in [1.82, 2.24) is 19.3 Å². The molecule has 2 heterocycles. The Balaban J connectivity index is 1.94. The fraction of sp³-hybridized carbons (Fsp3) is 0.421. The van der Waals surface area contributed by atoms with Gasteiger partial charge < -0.3 is 4.74 Å². The molecule has 1 aromatic carbocycles. The van der Waals surface area contributed by atoms with Crippen molar-refractivity contribution in [2.45, 2.75) is 45.6 Å². The number of nitrogens with zero attached hydrogens (tertiary/aromatic N) is 4. The second kappa shape index (κ2) is 7.96. The Bertz CT molecular complexity index is 884. The van der Waals surface area contributed by atoms with Gasteiger partial charge in [-0.05, 0) is 18.6 Å². The molecule has 0 saturated heterocycles. The van der Waals surface area contributed by atoms with E-state index in [1.54, 1.807) is 15.6 Å². The second-order valence-electron chi connectivity index (χ2n) is 6.11. The van der Waals surface area contributed by atoms with Crippen LogP contribution in [0.1, 0.15) is 39.0 Å². The average Bonchev–Trinajstić information content (AvgIpc) is 3.03. The van der Waals surface area contributed by atoms with Crippen molar-refractivity contribution in [1.29, 1.82) is 0 Å². The smallest absolute Gasteiger partial charge is 0.268 e. The normalized spacial score (nSPS) is 11.1.